The number of amides is 1. The predicted molar refractivity (Wildman–Crippen MR) is 58.9 cm³/mol. The highest BCUT2D eigenvalue weighted by Gasteiger charge is 2.35. The first-order chi connectivity index (χ1) is 7.52. The number of hydrogen-bond acceptors (Lipinski definition) is 4. The molecule has 0 bridgehead atoms. The van der Waals surface area contributed by atoms with E-state index in [1.165, 1.54) is 6.20 Å². The van der Waals surface area contributed by atoms with Gasteiger partial charge >= 0.3 is 0 Å². The number of anilines is 1. The van der Waals surface area contributed by atoms with Crippen LogP contribution in [0.3, 0.4) is 0 Å². The highest BCUT2D eigenvalue weighted by molar-refractivity contribution is 5.97. The molecule has 1 aliphatic rings. The minimum atomic E-state index is -0.313. The minimum absolute atomic E-state index is 0.122. The van der Waals surface area contributed by atoms with Gasteiger partial charge in [0.1, 0.15) is 5.69 Å². The number of nitrogens with one attached hydrogen (secondary N) is 1. The maximum atomic E-state index is 12.2. The van der Waals surface area contributed by atoms with Gasteiger partial charge in [0.05, 0.1) is 30.6 Å². The van der Waals surface area contributed by atoms with E-state index >= 15 is 0 Å². The van der Waals surface area contributed by atoms with Crippen molar-refractivity contribution >= 4 is 11.6 Å². The van der Waals surface area contributed by atoms with Crippen molar-refractivity contribution < 1.29 is 9.53 Å². The number of aromatic nitrogens is 2. The number of nitrogen functional groups attached to an aromatic ring is 1. The lowest BCUT2D eigenvalue weighted by molar-refractivity contribution is -0.0372. The summed E-state index contributed by atoms with van der Waals surface area (Å²) in [5, 5.41) is 6.39. The van der Waals surface area contributed by atoms with E-state index in [0.29, 0.717) is 31.1 Å². The average Bonchev–Trinajstić information content (AvgIpc) is 2.63. The van der Waals surface area contributed by atoms with Crippen LogP contribution in [-0.4, -0.2) is 46.3 Å². The molecular formula is C10H16N4O2. The van der Waals surface area contributed by atoms with Crippen molar-refractivity contribution in [2.24, 2.45) is 0 Å². The third kappa shape index (κ3) is 1.76. The molecule has 0 atom stereocenters. The number of rotatable bonds is 1. The number of nitrogens with zero attached hydrogens (tertiary/aromatic N) is 2. The molecule has 0 unspecified atom stereocenters. The van der Waals surface area contributed by atoms with E-state index in [4.69, 9.17) is 10.5 Å². The SMILES string of the molecule is CC1(C)COCCN1C(=O)c1[nH]ncc1N. The van der Waals surface area contributed by atoms with E-state index in [9.17, 15) is 4.79 Å². The molecule has 0 aromatic carbocycles. The molecule has 1 aliphatic heterocycles. The molecule has 6 nitrogen and oxygen atoms in total. The van der Waals surface area contributed by atoms with Crippen LogP contribution in [0.4, 0.5) is 5.69 Å². The highest BCUT2D eigenvalue weighted by atomic mass is 16.5. The maximum Gasteiger partial charge on any atom is 0.274 e. The molecule has 2 rings (SSSR count). The van der Waals surface area contributed by atoms with E-state index in [0.717, 1.165) is 0 Å². The summed E-state index contributed by atoms with van der Waals surface area (Å²) < 4.78 is 5.36. The number of nitrogens with two attached hydrogens (primary N) is 1. The second-order valence-electron chi connectivity index (χ2n) is 4.52. The Labute approximate surface area is 93.8 Å². The second kappa shape index (κ2) is 3.79. The molecule has 0 aliphatic carbocycles. The Morgan fingerprint density at radius 1 is 1.69 bits per heavy atom. The maximum absolute atomic E-state index is 12.2. The van der Waals surface area contributed by atoms with Gasteiger partial charge in [-0.3, -0.25) is 9.89 Å². The lowest BCUT2D eigenvalue weighted by Crippen LogP contribution is -2.55. The van der Waals surface area contributed by atoms with Crippen LogP contribution in [0.2, 0.25) is 0 Å². The monoisotopic (exact) mass is 224 g/mol. The van der Waals surface area contributed by atoms with Gasteiger partial charge in [-0.25, -0.2) is 0 Å². The topological polar surface area (TPSA) is 84.2 Å². The number of carbonyl (C=O) groups excluding carboxylic acids is 1. The molecule has 2 heterocycles. The Hall–Kier alpha value is -1.56. The molecule has 0 radical (unpaired) electrons. The third-order valence-electron chi connectivity index (χ3n) is 2.77. The first kappa shape index (κ1) is 10.9. The molecule has 1 saturated heterocycles. The largest absolute Gasteiger partial charge is 0.396 e. The van der Waals surface area contributed by atoms with Crippen LogP contribution in [0.15, 0.2) is 6.20 Å². The van der Waals surface area contributed by atoms with Gasteiger partial charge in [0.25, 0.3) is 5.91 Å². The normalized spacial score (nSPS) is 19.8. The molecule has 1 aromatic rings. The van der Waals surface area contributed by atoms with E-state index in [1.807, 2.05) is 13.8 Å². The number of H-pyrrole nitrogens is 1. The van der Waals surface area contributed by atoms with Crippen LogP contribution < -0.4 is 5.73 Å². The van der Waals surface area contributed by atoms with E-state index in [2.05, 4.69) is 10.2 Å². The Balaban J connectivity index is 2.24. The van der Waals surface area contributed by atoms with Crippen molar-refractivity contribution in [3.63, 3.8) is 0 Å². The lowest BCUT2D eigenvalue weighted by atomic mass is 10.0. The van der Waals surface area contributed by atoms with Gasteiger partial charge in [-0.1, -0.05) is 0 Å². The van der Waals surface area contributed by atoms with Gasteiger partial charge in [0.15, 0.2) is 0 Å². The van der Waals surface area contributed by atoms with Crippen molar-refractivity contribution in [3.8, 4) is 0 Å². The molecule has 16 heavy (non-hydrogen) atoms. The number of carbonyl (C=O) groups is 1. The summed E-state index contributed by atoms with van der Waals surface area (Å²) in [7, 11) is 0. The summed E-state index contributed by atoms with van der Waals surface area (Å²) in [6.45, 7) is 5.60. The Morgan fingerprint density at radius 2 is 2.44 bits per heavy atom. The quantitative estimate of drug-likeness (QED) is 0.715. The van der Waals surface area contributed by atoms with Crippen molar-refractivity contribution in [2.75, 3.05) is 25.5 Å². The molecule has 3 N–H and O–H groups in total. The smallest absolute Gasteiger partial charge is 0.274 e. The summed E-state index contributed by atoms with van der Waals surface area (Å²) in [4.78, 5) is 14.0. The fraction of sp³-hybridized carbons (Fsp3) is 0.600. The van der Waals surface area contributed by atoms with E-state index in [1.54, 1.807) is 4.90 Å². The lowest BCUT2D eigenvalue weighted by Gasteiger charge is -2.41. The van der Waals surface area contributed by atoms with Gasteiger partial charge in [0, 0.05) is 6.54 Å². The van der Waals surface area contributed by atoms with Gasteiger partial charge in [-0.05, 0) is 13.8 Å². The predicted octanol–water partition coefficient (Wildman–Crippen LogP) is 0.243. The Kier molecular flexibility index (Phi) is 2.59. The summed E-state index contributed by atoms with van der Waals surface area (Å²) >= 11 is 0. The Morgan fingerprint density at radius 3 is 3.00 bits per heavy atom. The molecular weight excluding hydrogens is 208 g/mol. The fourth-order valence-electron chi connectivity index (χ4n) is 1.84. The summed E-state index contributed by atoms with van der Waals surface area (Å²) in [5.74, 6) is -0.122. The summed E-state index contributed by atoms with van der Waals surface area (Å²) in [6, 6.07) is 0. The number of ether oxygens (including phenoxy) is 1. The van der Waals surface area contributed by atoms with E-state index < -0.39 is 0 Å². The van der Waals surface area contributed by atoms with Crippen LogP contribution in [-0.2, 0) is 4.74 Å². The molecule has 88 valence electrons. The third-order valence-corrected chi connectivity index (χ3v) is 2.77. The zero-order chi connectivity index (χ0) is 11.8. The zero-order valence-electron chi connectivity index (χ0n) is 9.49. The number of aromatic amines is 1. The fourth-order valence-corrected chi connectivity index (χ4v) is 1.84. The summed E-state index contributed by atoms with van der Waals surface area (Å²) in [6.07, 6.45) is 1.45. The van der Waals surface area contributed by atoms with Crippen molar-refractivity contribution in [1.29, 1.82) is 0 Å². The van der Waals surface area contributed by atoms with Gasteiger partial charge < -0.3 is 15.4 Å². The van der Waals surface area contributed by atoms with E-state index in [-0.39, 0.29) is 11.4 Å². The van der Waals surface area contributed by atoms with Gasteiger partial charge in [0.2, 0.25) is 0 Å². The van der Waals surface area contributed by atoms with Crippen LogP contribution in [0.25, 0.3) is 0 Å². The number of hydrogen-bond donors (Lipinski definition) is 2. The van der Waals surface area contributed by atoms with Crippen LogP contribution in [0.1, 0.15) is 24.3 Å². The first-order valence-electron chi connectivity index (χ1n) is 5.21. The molecule has 1 aromatic heterocycles. The molecule has 6 heteroatoms. The zero-order valence-corrected chi connectivity index (χ0v) is 9.49. The molecule has 0 spiro atoms. The van der Waals surface area contributed by atoms with Crippen molar-refractivity contribution in [1.82, 2.24) is 15.1 Å². The molecule has 0 saturated carbocycles. The Bertz CT molecular complexity index is 399. The average molecular weight is 224 g/mol. The van der Waals surface area contributed by atoms with Crippen LogP contribution >= 0.6 is 0 Å². The summed E-state index contributed by atoms with van der Waals surface area (Å²) in [5.41, 5.74) is 6.09. The van der Waals surface area contributed by atoms with Gasteiger partial charge in [-0.2, -0.15) is 5.10 Å². The highest BCUT2D eigenvalue weighted by Crippen LogP contribution is 2.22. The van der Waals surface area contributed by atoms with Crippen LogP contribution in [0, 0.1) is 0 Å². The van der Waals surface area contributed by atoms with Crippen molar-refractivity contribution in [2.45, 2.75) is 19.4 Å². The van der Waals surface area contributed by atoms with Crippen LogP contribution in [0.5, 0.6) is 0 Å². The standard InChI is InChI=1S/C10H16N4O2/c1-10(2)6-16-4-3-14(10)9(15)8-7(11)5-12-13-8/h5H,3-4,6,11H2,1-2H3,(H,12,13). The first-order valence-corrected chi connectivity index (χ1v) is 5.21. The minimum Gasteiger partial charge on any atom is -0.396 e. The van der Waals surface area contributed by atoms with Crippen molar-refractivity contribution in [3.05, 3.63) is 11.9 Å². The molecule has 1 fully saturated rings. The number of morpholine rings is 1. The molecule has 1 amide bonds. The second-order valence-corrected chi connectivity index (χ2v) is 4.52. The van der Waals surface area contributed by atoms with Gasteiger partial charge in [-0.15, -0.1) is 0 Å².